The predicted octanol–water partition coefficient (Wildman–Crippen LogP) is 19.4. The Balaban J connectivity index is 1.14. The van der Waals surface area contributed by atoms with Crippen molar-refractivity contribution in [2.24, 2.45) is 0 Å². The van der Waals surface area contributed by atoms with Gasteiger partial charge in [-0.05, 0) is 138 Å². The molecule has 0 saturated carbocycles. The zero-order chi connectivity index (χ0) is 45.9. The standard InChI is InChI=1S/C66H40N2S2/c1-3-17-43(18-4-1)67-59-29-11-12-30-60(59)68(44-19-5-2-6-20-44)62-40-58-56-38-42(46-26-16-28-54-52-24-10-14-32-64(52)70-66(46)54)34-36-50(56)49-35-33-41(37-55(49)47-21-7-8-22-48(47)57(58)39-61(62)67)45-25-15-27-53-51-23-9-13-31-63(51)69-65(45)53/h1-40H. The van der Waals surface area contributed by atoms with E-state index in [0.717, 1.165) is 33.4 Å². The topological polar surface area (TPSA) is 9.86 Å². The summed E-state index contributed by atoms with van der Waals surface area (Å²) in [5.74, 6) is 0. The van der Waals surface area contributed by atoms with Crippen molar-refractivity contribution >= 4 is 128 Å². The van der Waals surface area contributed by atoms with Crippen molar-refractivity contribution in [1.29, 1.82) is 0 Å². The van der Waals surface area contributed by atoms with Crippen molar-refractivity contribution < 1.29 is 0 Å². The van der Waals surface area contributed by atoms with Crippen LogP contribution >= 0.6 is 22.7 Å². The molecule has 0 N–H and O–H groups in total. The third-order valence-electron chi connectivity index (χ3n) is 14.5. The van der Waals surface area contributed by atoms with E-state index >= 15 is 0 Å². The number of aromatic nitrogens is 2. The fourth-order valence-corrected chi connectivity index (χ4v) is 13.9. The summed E-state index contributed by atoms with van der Waals surface area (Å²) >= 11 is 3.78. The van der Waals surface area contributed by atoms with Gasteiger partial charge in [0.1, 0.15) is 0 Å². The molecule has 0 saturated heterocycles. The smallest absolute Gasteiger partial charge is 0.0709 e. The van der Waals surface area contributed by atoms with Gasteiger partial charge in [-0.2, -0.15) is 0 Å². The minimum Gasteiger partial charge on any atom is -0.306 e. The molecule has 15 rings (SSSR count). The lowest BCUT2D eigenvalue weighted by molar-refractivity contribution is 1.09. The van der Waals surface area contributed by atoms with Crippen LogP contribution in [0.4, 0.5) is 0 Å². The van der Waals surface area contributed by atoms with E-state index in [0.29, 0.717) is 0 Å². The van der Waals surface area contributed by atoms with E-state index in [2.05, 4.69) is 252 Å². The van der Waals surface area contributed by atoms with E-state index in [1.54, 1.807) is 0 Å². The number of hydrogen-bond acceptors (Lipinski definition) is 2. The van der Waals surface area contributed by atoms with Gasteiger partial charge in [0.15, 0.2) is 0 Å². The molecular formula is C66H40N2S2. The van der Waals surface area contributed by atoms with E-state index in [4.69, 9.17) is 0 Å². The fraction of sp³-hybridized carbons (Fsp3) is 0. The van der Waals surface area contributed by atoms with Crippen LogP contribution in [0.3, 0.4) is 0 Å². The summed E-state index contributed by atoms with van der Waals surface area (Å²) in [5.41, 5.74) is 11.7. The van der Waals surface area contributed by atoms with E-state index in [-0.39, 0.29) is 0 Å². The lowest BCUT2D eigenvalue weighted by atomic mass is 9.90. The van der Waals surface area contributed by atoms with Gasteiger partial charge in [-0.3, -0.25) is 0 Å². The van der Waals surface area contributed by atoms with Crippen LogP contribution in [0.15, 0.2) is 243 Å². The highest BCUT2D eigenvalue weighted by Gasteiger charge is 2.20. The minimum atomic E-state index is 1.12. The van der Waals surface area contributed by atoms with Gasteiger partial charge in [-0.25, -0.2) is 0 Å². The van der Waals surface area contributed by atoms with Crippen molar-refractivity contribution in [3.05, 3.63) is 243 Å². The Morgan fingerprint density at radius 1 is 0.229 bits per heavy atom. The summed E-state index contributed by atoms with van der Waals surface area (Å²) < 4.78 is 10.2. The Hall–Kier alpha value is -8.54. The van der Waals surface area contributed by atoms with E-state index in [1.165, 1.54) is 106 Å². The molecule has 0 aliphatic heterocycles. The zero-order valence-electron chi connectivity index (χ0n) is 37.8. The van der Waals surface area contributed by atoms with E-state index in [9.17, 15) is 0 Å². The molecular weight excluding hydrogens is 885 g/mol. The Morgan fingerprint density at radius 2 is 0.586 bits per heavy atom. The van der Waals surface area contributed by atoms with Gasteiger partial charge in [-0.15, -0.1) is 22.7 Å². The van der Waals surface area contributed by atoms with Crippen LogP contribution in [-0.4, -0.2) is 9.13 Å². The van der Waals surface area contributed by atoms with Crippen LogP contribution in [-0.2, 0) is 0 Å². The molecule has 2 nitrogen and oxygen atoms in total. The maximum Gasteiger partial charge on any atom is 0.0709 e. The number of benzene rings is 11. The number of rotatable bonds is 4. The largest absolute Gasteiger partial charge is 0.306 e. The summed E-state index contributed by atoms with van der Waals surface area (Å²) in [6.07, 6.45) is 0. The first-order chi connectivity index (χ1) is 34.7. The highest BCUT2D eigenvalue weighted by molar-refractivity contribution is 7.26. The number of thiophene rings is 2. The van der Waals surface area contributed by atoms with Crippen molar-refractivity contribution in [3.8, 4) is 33.6 Å². The van der Waals surface area contributed by atoms with Gasteiger partial charge in [0, 0.05) is 51.7 Å². The highest BCUT2D eigenvalue weighted by Crippen LogP contribution is 2.46. The molecule has 12 aromatic carbocycles. The van der Waals surface area contributed by atoms with Gasteiger partial charge >= 0.3 is 0 Å². The molecule has 0 unspecified atom stereocenters. The van der Waals surface area contributed by atoms with Gasteiger partial charge in [-0.1, -0.05) is 170 Å². The Bertz CT molecular complexity index is 4700. The molecule has 3 aromatic heterocycles. The molecule has 0 radical (unpaired) electrons. The Kier molecular flexibility index (Phi) is 8.73. The second-order valence-electron chi connectivity index (χ2n) is 18.3. The maximum absolute atomic E-state index is 2.49. The van der Waals surface area contributed by atoms with Crippen LogP contribution in [0.1, 0.15) is 0 Å². The second-order valence-corrected chi connectivity index (χ2v) is 20.4. The number of nitrogens with zero attached hydrogens (tertiary/aromatic N) is 2. The Morgan fingerprint density at radius 3 is 1.07 bits per heavy atom. The summed E-state index contributed by atoms with van der Waals surface area (Å²) in [6, 6.07) is 90.4. The SMILES string of the molecule is c1ccc(-n2c3ccccc3n(-c3ccccc3)c3cc4c5cc(-c6cccc7c6sc6ccccc67)ccc5c5ccc(-c6cccc7c6sc6ccccc67)cc5c5ccccc5c4cc32)cc1. The molecule has 15 aromatic rings. The van der Waals surface area contributed by atoms with E-state index in [1.807, 2.05) is 22.7 Å². The second kappa shape index (κ2) is 15.5. The van der Waals surface area contributed by atoms with Crippen LogP contribution in [0, 0.1) is 0 Å². The van der Waals surface area contributed by atoms with Crippen molar-refractivity contribution in [2.75, 3.05) is 0 Å². The molecule has 0 aliphatic carbocycles. The number of para-hydroxylation sites is 4. The van der Waals surface area contributed by atoms with Crippen LogP contribution in [0.25, 0.3) is 139 Å². The van der Waals surface area contributed by atoms with Crippen LogP contribution in [0.5, 0.6) is 0 Å². The van der Waals surface area contributed by atoms with Gasteiger partial charge in [0.2, 0.25) is 0 Å². The molecule has 326 valence electrons. The summed E-state index contributed by atoms with van der Waals surface area (Å²) in [5, 5.41) is 14.9. The normalized spacial score (nSPS) is 12.0. The molecule has 0 bridgehead atoms. The Labute approximate surface area is 411 Å². The van der Waals surface area contributed by atoms with Crippen LogP contribution in [0.2, 0.25) is 0 Å². The summed E-state index contributed by atoms with van der Waals surface area (Å²) in [7, 11) is 0. The lowest BCUT2D eigenvalue weighted by Gasteiger charge is -2.23. The van der Waals surface area contributed by atoms with Gasteiger partial charge in [0.25, 0.3) is 0 Å². The first-order valence-electron chi connectivity index (χ1n) is 23.9. The molecule has 0 amide bonds. The molecule has 4 heteroatoms. The van der Waals surface area contributed by atoms with Crippen molar-refractivity contribution in [1.82, 2.24) is 9.13 Å². The van der Waals surface area contributed by atoms with Gasteiger partial charge < -0.3 is 9.13 Å². The quantitative estimate of drug-likeness (QED) is 0.156. The van der Waals surface area contributed by atoms with Crippen molar-refractivity contribution in [2.45, 2.75) is 0 Å². The van der Waals surface area contributed by atoms with E-state index < -0.39 is 0 Å². The molecule has 0 atom stereocenters. The summed E-state index contributed by atoms with van der Waals surface area (Å²) in [6.45, 7) is 0. The minimum absolute atomic E-state index is 1.12. The van der Waals surface area contributed by atoms with Crippen LogP contribution < -0.4 is 0 Å². The number of fused-ring (bicyclic) bond motifs is 16. The first-order valence-corrected chi connectivity index (χ1v) is 25.5. The molecule has 3 heterocycles. The monoisotopic (exact) mass is 924 g/mol. The molecule has 0 fully saturated rings. The van der Waals surface area contributed by atoms with Crippen molar-refractivity contribution in [3.63, 3.8) is 0 Å². The average Bonchev–Trinajstić information content (AvgIpc) is 4.01. The average molecular weight is 925 g/mol. The third kappa shape index (κ3) is 5.91. The zero-order valence-corrected chi connectivity index (χ0v) is 39.4. The maximum atomic E-state index is 2.49. The third-order valence-corrected chi connectivity index (χ3v) is 17.0. The number of hydrogen-bond donors (Lipinski definition) is 0. The first kappa shape index (κ1) is 39.5. The molecule has 70 heavy (non-hydrogen) atoms. The van der Waals surface area contributed by atoms with Gasteiger partial charge in [0.05, 0.1) is 22.1 Å². The lowest BCUT2D eigenvalue weighted by Crippen LogP contribution is -2.08. The molecule has 0 spiro atoms. The predicted molar refractivity (Wildman–Crippen MR) is 304 cm³/mol. The fourth-order valence-electron chi connectivity index (χ4n) is 11.4. The summed E-state index contributed by atoms with van der Waals surface area (Å²) in [4.78, 5) is 0. The highest BCUT2D eigenvalue weighted by atomic mass is 32.1. The molecule has 0 aliphatic rings.